The number of hydrogen-bond donors (Lipinski definition) is 2. The van der Waals surface area contributed by atoms with Crippen molar-refractivity contribution in [2.24, 2.45) is 0 Å². The van der Waals surface area contributed by atoms with E-state index >= 15 is 0 Å². The third-order valence-electron chi connectivity index (χ3n) is 3.94. The monoisotopic (exact) mass is 320 g/mol. The average molecular weight is 320 g/mol. The Labute approximate surface area is 132 Å². The predicted octanol–water partition coefficient (Wildman–Crippen LogP) is 3.47. The van der Waals surface area contributed by atoms with E-state index in [9.17, 15) is 14.3 Å². The fraction of sp³-hybridized carbons (Fsp3) is 0.375. The first-order valence-corrected chi connectivity index (χ1v) is 8.11. The van der Waals surface area contributed by atoms with Crippen LogP contribution >= 0.6 is 11.3 Å². The smallest absolute Gasteiger partial charge is 0.325 e. The molecule has 1 aromatic heterocycles. The molecule has 0 radical (unpaired) electrons. The van der Waals surface area contributed by atoms with Crippen molar-refractivity contribution >= 4 is 17.3 Å². The van der Waals surface area contributed by atoms with E-state index in [1.165, 1.54) is 37.5 Å². The molecule has 116 valence electrons. The Hall–Kier alpha value is -1.79. The molecular weight excluding hydrogens is 303 g/mol. The summed E-state index contributed by atoms with van der Waals surface area (Å²) < 4.78 is 13.3. The van der Waals surface area contributed by atoms with E-state index in [4.69, 9.17) is 0 Å². The molecule has 1 aliphatic carbocycles. The van der Waals surface area contributed by atoms with Crippen molar-refractivity contribution in [3.05, 3.63) is 51.7 Å². The van der Waals surface area contributed by atoms with Gasteiger partial charge in [0.1, 0.15) is 11.9 Å². The van der Waals surface area contributed by atoms with Crippen molar-refractivity contribution in [2.45, 2.75) is 37.8 Å². The summed E-state index contributed by atoms with van der Waals surface area (Å²) >= 11 is 1.63. The van der Waals surface area contributed by atoms with Gasteiger partial charge >= 0.3 is 5.97 Å². The van der Waals surface area contributed by atoms with Crippen LogP contribution in [0, 0.1) is 5.82 Å². The minimum absolute atomic E-state index is 0.413. The highest BCUT2D eigenvalue weighted by molar-refractivity contribution is 7.11. The molecule has 1 fully saturated rings. The molecule has 1 aliphatic rings. The maximum absolute atomic E-state index is 13.3. The normalized spacial score (nSPS) is 16.2. The Morgan fingerprint density at radius 2 is 2.32 bits per heavy atom. The second-order valence-corrected chi connectivity index (χ2v) is 6.65. The molecule has 1 saturated carbocycles. The highest BCUT2D eigenvalue weighted by Crippen LogP contribution is 2.38. The van der Waals surface area contributed by atoms with Crippen LogP contribution < -0.4 is 5.32 Å². The van der Waals surface area contributed by atoms with Crippen LogP contribution in [0.4, 0.5) is 4.39 Å². The van der Waals surface area contributed by atoms with Gasteiger partial charge in [-0.15, -0.1) is 11.3 Å². The van der Waals surface area contributed by atoms with Crippen LogP contribution in [0.2, 0.25) is 0 Å². The van der Waals surface area contributed by atoms with E-state index in [0.29, 0.717) is 18.0 Å². The maximum atomic E-state index is 13.3. The summed E-state index contributed by atoms with van der Waals surface area (Å²) in [7, 11) is 0. The number of thiazole rings is 1. The SMILES string of the molecule is O=C(O)C(NCc1cnc(C2CCC2)s1)c1cccc(F)c1. The van der Waals surface area contributed by atoms with Gasteiger partial charge in [0.05, 0.1) is 5.01 Å². The second kappa shape index (κ2) is 6.54. The first-order valence-electron chi connectivity index (χ1n) is 7.30. The third-order valence-corrected chi connectivity index (χ3v) is 5.10. The summed E-state index contributed by atoms with van der Waals surface area (Å²) in [6.07, 6.45) is 5.46. The van der Waals surface area contributed by atoms with E-state index in [1.54, 1.807) is 23.6 Å². The van der Waals surface area contributed by atoms with Gasteiger partial charge in [-0.3, -0.25) is 10.1 Å². The number of aliphatic carboxylic acids is 1. The molecule has 3 rings (SSSR count). The molecule has 1 atom stereocenters. The van der Waals surface area contributed by atoms with Crippen LogP contribution in [-0.2, 0) is 11.3 Å². The van der Waals surface area contributed by atoms with Crippen LogP contribution in [-0.4, -0.2) is 16.1 Å². The summed E-state index contributed by atoms with van der Waals surface area (Å²) in [6.45, 7) is 0.415. The molecule has 6 heteroatoms. The Morgan fingerprint density at radius 3 is 2.95 bits per heavy atom. The summed E-state index contributed by atoms with van der Waals surface area (Å²) in [5.41, 5.74) is 0.413. The number of carboxylic acids is 1. The van der Waals surface area contributed by atoms with Crippen LogP contribution in [0.3, 0.4) is 0 Å². The van der Waals surface area contributed by atoms with Gasteiger partial charge in [0.2, 0.25) is 0 Å². The molecule has 0 aliphatic heterocycles. The first kappa shape index (κ1) is 15.1. The van der Waals surface area contributed by atoms with Crippen molar-refractivity contribution in [1.82, 2.24) is 10.3 Å². The lowest BCUT2D eigenvalue weighted by Crippen LogP contribution is -2.27. The van der Waals surface area contributed by atoms with Crippen molar-refractivity contribution in [3.63, 3.8) is 0 Å². The summed E-state index contributed by atoms with van der Waals surface area (Å²) in [5, 5.41) is 13.5. The predicted molar refractivity (Wildman–Crippen MR) is 82.3 cm³/mol. The number of halogens is 1. The summed E-state index contributed by atoms with van der Waals surface area (Å²) in [4.78, 5) is 16.8. The van der Waals surface area contributed by atoms with Crippen molar-refractivity contribution in [2.75, 3.05) is 0 Å². The average Bonchev–Trinajstić information content (AvgIpc) is 2.85. The van der Waals surface area contributed by atoms with Crippen LogP contribution in [0.1, 0.15) is 46.7 Å². The highest BCUT2D eigenvalue weighted by Gasteiger charge is 2.23. The van der Waals surface area contributed by atoms with E-state index in [-0.39, 0.29) is 0 Å². The van der Waals surface area contributed by atoms with E-state index in [0.717, 1.165) is 9.88 Å². The zero-order valence-corrected chi connectivity index (χ0v) is 12.8. The van der Waals surface area contributed by atoms with Crippen LogP contribution in [0.25, 0.3) is 0 Å². The van der Waals surface area contributed by atoms with Gasteiger partial charge in [-0.1, -0.05) is 18.6 Å². The molecule has 1 unspecified atom stereocenters. The van der Waals surface area contributed by atoms with Gasteiger partial charge in [-0.05, 0) is 30.5 Å². The summed E-state index contributed by atoms with van der Waals surface area (Å²) in [5.74, 6) is -0.873. The minimum Gasteiger partial charge on any atom is -0.480 e. The molecule has 0 bridgehead atoms. The van der Waals surface area contributed by atoms with E-state index < -0.39 is 17.8 Å². The molecule has 22 heavy (non-hydrogen) atoms. The second-order valence-electron chi connectivity index (χ2n) is 5.50. The zero-order valence-electron chi connectivity index (χ0n) is 12.0. The number of aromatic nitrogens is 1. The van der Waals surface area contributed by atoms with Crippen LogP contribution in [0.15, 0.2) is 30.5 Å². The molecule has 1 aromatic carbocycles. The van der Waals surface area contributed by atoms with Gasteiger partial charge in [-0.25, -0.2) is 9.37 Å². The number of nitrogens with one attached hydrogen (secondary N) is 1. The zero-order chi connectivity index (χ0) is 15.5. The lowest BCUT2D eigenvalue weighted by atomic mass is 9.86. The fourth-order valence-corrected chi connectivity index (χ4v) is 3.52. The van der Waals surface area contributed by atoms with Gasteiger partial charge < -0.3 is 5.11 Å². The Balaban J connectivity index is 1.66. The molecule has 0 amide bonds. The maximum Gasteiger partial charge on any atom is 0.325 e. The van der Waals surface area contributed by atoms with Crippen molar-refractivity contribution < 1.29 is 14.3 Å². The van der Waals surface area contributed by atoms with Gasteiger partial charge in [0.25, 0.3) is 0 Å². The van der Waals surface area contributed by atoms with Gasteiger partial charge in [0, 0.05) is 23.5 Å². The van der Waals surface area contributed by atoms with Crippen molar-refractivity contribution in [1.29, 1.82) is 0 Å². The molecule has 2 N–H and O–H groups in total. The molecule has 2 aromatic rings. The minimum atomic E-state index is -1.02. The molecule has 0 saturated heterocycles. The fourth-order valence-electron chi connectivity index (χ4n) is 2.48. The number of nitrogens with zero attached hydrogens (tertiary/aromatic N) is 1. The topological polar surface area (TPSA) is 62.2 Å². The first-order chi connectivity index (χ1) is 10.6. The van der Waals surface area contributed by atoms with E-state index in [2.05, 4.69) is 10.3 Å². The van der Waals surface area contributed by atoms with Gasteiger partial charge in [0.15, 0.2) is 0 Å². The quantitative estimate of drug-likeness (QED) is 0.855. The standard InChI is InChI=1S/C16H17FN2O2S/c17-12-6-2-5-11(7-12)14(16(20)21)18-8-13-9-19-15(22-13)10-3-1-4-10/h2,5-7,9-10,14,18H,1,3-4,8H2,(H,20,21). The lowest BCUT2D eigenvalue weighted by molar-refractivity contribution is -0.139. The Morgan fingerprint density at radius 1 is 1.50 bits per heavy atom. The number of carboxylic acid groups (broad SMARTS) is 1. The number of benzene rings is 1. The number of hydrogen-bond acceptors (Lipinski definition) is 4. The molecule has 0 spiro atoms. The largest absolute Gasteiger partial charge is 0.480 e. The number of carbonyl (C=O) groups is 1. The van der Waals surface area contributed by atoms with E-state index in [1.807, 2.05) is 0 Å². The Bertz CT molecular complexity index is 670. The van der Waals surface area contributed by atoms with Crippen LogP contribution in [0.5, 0.6) is 0 Å². The molecule has 1 heterocycles. The lowest BCUT2D eigenvalue weighted by Gasteiger charge is -2.22. The Kier molecular flexibility index (Phi) is 4.49. The summed E-state index contributed by atoms with van der Waals surface area (Å²) in [6, 6.07) is 4.75. The third kappa shape index (κ3) is 3.34. The van der Waals surface area contributed by atoms with Gasteiger partial charge in [-0.2, -0.15) is 0 Å². The highest BCUT2D eigenvalue weighted by atomic mass is 32.1. The van der Waals surface area contributed by atoms with Crippen molar-refractivity contribution in [3.8, 4) is 0 Å². The molecule has 4 nitrogen and oxygen atoms in total. The number of rotatable bonds is 6. The molecular formula is C16H17FN2O2S.